The van der Waals surface area contributed by atoms with Gasteiger partial charge in [0.25, 0.3) is 0 Å². The van der Waals surface area contributed by atoms with E-state index >= 15 is 0 Å². The third kappa shape index (κ3) is 2.53. The maximum Gasteiger partial charge on any atom is 0.219 e. The van der Waals surface area contributed by atoms with Crippen molar-refractivity contribution >= 4 is 34.6 Å². The molecule has 0 radical (unpaired) electrons. The van der Waals surface area contributed by atoms with E-state index in [-0.39, 0.29) is 28.0 Å². The summed E-state index contributed by atoms with van der Waals surface area (Å²) in [6.07, 6.45) is 0. The molecule has 1 amide bonds. The Labute approximate surface area is 115 Å². The maximum absolute atomic E-state index is 14.1. The molecule has 1 aromatic rings. The fraction of sp³-hybridized carbons (Fsp3) is 0.417. The zero-order valence-electron chi connectivity index (χ0n) is 10.6. The van der Waals surface area contributed by atoms with Gasteiger partial charge in [-0.15, -0.1) is 0 Å². The van der Waals surface area contributed by atoms with Gasteiger partial charge < -0.3 is 21.3 Å². The number of nitrogens with zero attached hydrogens (tertiary/aromatic N) is 2. The van der Waals surface area contributed by atoms with Gasteiger partial charge in [0.1, 0.15) is 5.02 Å². The summed E-state index contributed by atoms with van der Waals surface area (Å²) in [5, 5.41) is -0.113. The van der Waals surface area contributed by atoms with Crippen LogP contribution in [0.1, 0.15) is 6.92 Å². The van der Waals surface area contributed by atoms with Gasteiger partial charge in [0.2, 0.25) is 5.91 Å². The Morgan fingerprint density at radius 3 is 2.37 bits per heavy atom. The van der Waals surface area contributed by atoms with Crippen LogP contribution in [0, 0.1) is 5.82 Å². The van der Waals surface area contributed by atoms with Crippen molar-refractivity contribution in [1.29, 1.82) is 0 Å². The number of carbonyl (C=O) groups is 1. The van der Waals surface area contributed by atoms with Crippen LogP contribution in [0.15, 0.2) is 6.07 Å². The molecular formula is C12H16ClFN4O. The summed E-state index contributed by atoms with van der Waals surface area (Å²) >= 11 is 5.81. The standard InChI is InChI=1S/C12H16ClFN4O/c1-7(19)17-2-4-18(5-3-17)12-9(16)6-8(15)10(13)11(12)14/h6H,2-5,15-16H2,1H3. The summed E-state index contributed by atoms with van der Waals surface area (Å²) in [5.74, 6) is -0.584. The summed E-state index contributed by atoms with van der Waals surface area (Å²) < 4.78 is 14.1. The average Bonchev–Trinajstić information content (AvgIpc) is 2.37. The fourth-order valence-corrected chi connectivity index (χ4v) is 2.37. The highest BCUT2D eigenvalue weighted by Gasteiger charge is 2.24. The second-order valence-electron chi connectivity index (χ2n) is 4.52. The summed E-state index contributed by atoms with van der Waals surface area (Å²) in [6, 6.07) is 1.46. The number of benzene rings is 1. The summed E-state index contributed by atoms with van der Waals surface area (Å²) in [5.41, 5.74) is 12.0. The van der Waals surface area contributed by atoms with Gasteiger partial charge >= 0.3 is 0 Å². The molecule has 0 spiro atoms. The van der Waals surface area contributed by atoms with Crippen molar-refractivity contribution in [2.45, 2.75) is 6.92 Å². The molecule has 104 valence electrons. The van der Waals surface area contributed by atoms with Crippen molar-refractivity contribution in [2.75, 3.05) is 42.5 Å². The topological polar surface area (TPSA) is 75.6 Å². The Morgan fingerprint density at radius 1 is 1.26 bits per heavy atom. The van der Waals surface area contributed by atoms with Gasteiger partial charge in [0, 0.05) is 33.1 Å². The van der Waals surface area contributed by atoms with Crippen molar-refractivity contribution in [2.24, 2.45) is 0 Å². The molecule has 0 aromatic heterocycles. The number of nitrogens with two attached hydrogens (primary N) is 2. The molecule has 4 N–H and O–H groups in total. The first-order valence-corrected chi connectivity index (χ1v) is 6.33. The van der Waals surface area contributed by atoms with Crippen LogP contribution in [0.5, 0.6) is 0 Å². The van der Waals surface area contributed by atoms with E-state index in [4.69, 9.17) is 23.1 Å². The number of hydrogen-bond acceptors (Lipinski definition) is 4. The van der Waals surface area contributed by atoms with E-state index in [9.17, 15) is 9.18 Å². The normalized spacial score (nSPS) is 15.7. The van der Waals surface area contributed by atoms with Crippen LogP contribution in [0.4, 0.5) is 21.5 Å². The van der Waals surface area contributed by atoms with Crippen molar-refractivity contribution in [3.63, 3.8) is 0 Å². The summed E-state index contributed by atoms with van der Waals surface area (Å²) in [7, 11) is 0. The molecule has 0 atom stereocenters. The summed E-state index contributed by atoms with van der Waals surface area (Å²) in [6.45, 7) is 3.62. The predicted molar refractivity (Wildman–Crippen MR) is 74.7 cm³/mol. The Balaban J connectivity index is 2.25. The van der Waals surface area contributed by atoms with Crippen molar-refractivity contribution in [1.82, 2.24) is 4.90 Å². The van der Waals surface area contributed by atoms with E-state index in [2.05, 4.69) is 0 Å². The molecule has 1 aliphatic rings. The molecule has 0 unspecified atom stereocenters. The van der Waals surface area contributed by atoms with Crippen molar-refractivity contribution < 1.29 is 9.18 Å². The minimum Gasteiger partial charge on any atom is -0.397 e. The number of amides is 1. The molecule has 0 aliphatic carbocycles. The van der Waals surface area contributed by atoms with E-state index in [0.717, 1.165) is 0 Å². The zero-order valence-corrected chi connectivity index (χ0v) is 11.4. The lowest BCUT2D eigenvalue weighted by atomic mass is 10.2. The van der Waals surface area contributed by atoms with Gasteiger partial charge in [-0.1, -0.05) is 11.6 Å². The molecule has 0 saturated carbocycles. The third-order valence-electron chi connectivity index (χ3n) is 3.28. The number of rotatable bonds is 1. The van der Waals surface area contributed by atoms with Gasteiger partial charge in [-0.2, -0.15) is 0 Å². The zero-order chi connectivity index (χ0) is 14.2. The molecule has 2 rings (SSSR count). The van der Waals surface area contributed by atoms with Crippen LogP contribution >= 0.6 is 11.6 Å². The molecule has 0 bridgehead atoms. The quantitative estimate of drug-likeness (QED) is 0.763. The van der Waals surface area contributed by atoms with Crippen molar-refractivity contribution in [3.8, 4) is 0 Å². The SMILES string of the molecule is CC(=O)N1CCN(c2c(N)cc(N)c(Cl)c2F)CC1. The molecule has 1 aliphatic heterocycles. The first-order valence-electron chi connectivity index (χ1n) is 5.95. The number of halogens is 2. The first kappa shape index (κ1) is 13.7. The molecule has 1 fully saturated rings. The lowest BCUT2D eigenvalue weighted by Crippen LogP contribution is -2.48. The number of hydrogen-bond donors (Lipinski definition) is 2. The van der Waals surface area contributed by atoms with E-state index in [1.54, 1.807) is 9.80 Å². The molecular weight excluding hydrogens is 271 g/mol. The van der Waals surface area contributed by atoms with Crippen LogP contribution in [0.3, 0.4) is 0 Å². The van der Waals surface area contributed by atoms with E-state index in [1.807, 2.05) is 0 Å². The number of carbonyl (C=O) groups excluding carboxylic acids is 1. The molecule has 7 heteroatoms. The Morgan fingerprint density at radius 2 is 1.84 bits per heavy atom. The predicted octanol–water partition coefficient (Wildman–Crippen LogP) is 1.31. The molecule has 5 nitrogen and oxygen atoms in total. The van der Waals surface area contributed by atoms with Crippen LogP contribution in [-0.4, -0.2) is 37.0 Å². The summed E-state index contributed by atoms with van der Waals surface area (Å²) in [4.78, 5) is 14.7. The lowest BCUT2D eigenvalue weighted by molar-refractivity contribution is -0.129. The minimum atomic E-state index is -0.601. The van der Waals surface area contributed by atoms with Crippen LogP contribution < -0.4 is 16.4 Å². The van der Waals surface area contributed by atoms with E-state index in [1.165, 1.54) is 13.0 Å². The monoisotopic (exact) mass is 286 g/mol. The second-order valence-corrected chi connectivity index (χ2v) is 4.90. The third-order valence-corrected chi connectivity index (χ3v) is 3.66. The fourth-order valence-electron chi connectivity index (χ4n) is 2.22. The molecule has 1 aromatic carbocycles. The number of piperazine rings is 1. The van der Waals surface area contributed by atoms with Gasteiger partial charge in [0.05, 0.1) is 17.1 Å². The van der Waals surface area contributed by atoms with E-state index in [0.29, 0.717) is 26.2 Å². The highest BCUT2D eigenvalue weighted by molar-refractivity contribution is 6.33. The van der Waals surface area contributed by atoms with Gasteiger partial charge in [-0.3, -0.25) is 4.79 Å². The molecule has 19 heavy (non-hydrogen) atoms. The number of anilines is 3. The minimum absolute atomic E-state index is 0.0171. The molecule has 1 heterocycles. The highest BCUT2D eigenvalue weighted by Crippen LogP contribution is 2.36. The van der Waals surface area contributed by atoms with E-state index < -0.39 is 5.82 Å². The average molecular weight is 287 g/mol. The lowest BCUT2D eigenvalue weighted by Gasteiger charge is -2.36. The highest BCUT2D eigenvalue weighted by atomic mass is 35.5. The Hall–Kier alpha value is -1.69. The van der Waals surface area contributed by atoms with Gasteiger partial charge in [-0.05, 0) is 6.07 Å². The van der Waals surface area contributed by atoms with Crippen LogP contribution in [0.25, 0.3) is 0 Å². The van der Waals surface area contributed by atoms with Gasteiger partial charge in [-0.25, -0.2) is 4.39 Å². The second kappa shape index (κ2) is 5.13. The Bertz CT molecular complexity index is 515. The number of nitrogen functional groups attached to an aromatic ring is 2. The Kier molecular flexibility index (Phi) is 3.71. The molecule has 1 saturated heterocycles. The smallest absolute Gasteiger partial charge is 0.219 e. The first-order chi connectivity index (χ1) is 8.91. The van der Waals surface area contributed by atoms with Gasteiger partial charge in [0.15, 0.2) is 5.82 Å². The van der Waals surface area contributed by atoms with Crippen LogP contribution in [0.2, 0.25) is 5.02 Å². The maximum atomic E-state index is 14.1. The van der Waals surface area contributed by atoms with Crippen molar-refractivity contribution in [3.05, 3.63) is 16.9 Å². The largest absolute Gasteiger partial charge is 0.397 e. The van der Waals surface area contributed by atoms with Crippen LogP contribution in [-0.2, 0) is 4.79 Å².